The summed E-state index contributed by atoms with van der Waals surface area (Å²) in [5, 5.41) is 9.99. The minimum Gasteiger partial charge on any atom is -0.507 e. The normalized spacial score (nSPS) is 11.3. The minimum atomic E-state index is -2.25. The maximum atomic E-state index is 13.6. The predicted molar refractivity (Wildman–Crippen MR) is 85.2 cm³/mol. The molecular weight excluding hydrogens is 343 g/mol. The Bertz CT molecular complexity index is 790. The predicted octanol–water partition coefficient (Wildman–Crippen LogP) is 4.68. The number of phenolic OH excluding ortho intramolecular Hbond substituents is 1. The van der Waals surface area contributed by atoms with Crippen LogP contribution < -0.4 is 4.90 Å². The number of halogens is 5. The molecule has 0 aliphatic rings. The molecule has 2 aromatic carbocycles. The molecule has 3 nitrogen and oxygen atoms in total. The molecular formula is C17H15F5N2O. The van der Waals surface area contributed by atoms with E-state index in [2.05, 4.69) is 4.99 Å². The van der Waals surface area contributed by atoms with Gasteiger partial charge in [0.05, 0.1) is 0 Å². The highest BCUT2D eigenvalue weighted by atomic mass is 19.2. The lowest BCUT2D eigenvalue weighted by Gasteiger charge is -2.21. The highest BCUT2D eigenvalue weighted by molar-refractivity contribution is 5.86. The summed E-state index contributed by atoms with van der Waals surface area (Å²) in [4.78, 5) is 5.27. The second kappa shape index (κ2) is 7.50. The average molecular weight is 358 g/mol. The number of rotatable bonds is 5. The van der Waals surface area contributed by atoms with Crippen LogP contribution in [0.5, 0.6) is 5.75 Å². The molecule has 0 saturated carbocycles. The number of phenols is 1. The molecule has 2 aromatic rings. The molecule has 0 spiro atoms. The number of nitrogens with zero attached hydrogens (tertiary/aromatic N) is 2. The Kier molecular flexibility index (Phi) is 5.61. The van der Waals surface area contributed by atoms with Crippen LogP contribution in [0.2, 0.25) is 0 Å². The number of benzene rings is 2. The third-order valence-electron chi connectivity index (χ3n) is 3.66. The van der Waals surface area contributed by atoms with Crippen LogP contribution in [0.4, 0.5) is 33.3 Å². The fourth-order valence-corrected chi connectivity index (χ4v) is 2.27. The van der Waals surface area contributed by atoms with Crippen molar-refractivity contribution < 1.29 is 27.1 Å². The van der Waals surface area contributed by atoms with Gasteiger partial charge in [-0.25, -0.2) is 26.9 Å². The molecule has 0 aliphatic heterocycles. The fraction of sp³-hybridized carbons (Fsp3) is 0.235. The molecule has 0 radical (unpaired) electrons. The number of aliphatic imine (C=N–C) groups is 1. The lowest BCUT2D eigenvalue weighted by atomic mass is 10.1. The van der Waals surface area contributed by atoms with Crippen LogP contribution in [-0.2, 0) is 0 Å². The van der Waals surface area contributed by atoms with Gasteiger partial charge in [0, 0.05) is 36.6 Å². The molecule has 0 fully saturated rings. The molecule has 0 aliphatic carbocycles. The van der Waals surface area contributed by atoms with Crippen molar-refractivity contribution in [1.29, 1.82) is 0 Å². The second-order valence-electron chi connectivity index (χ2n) is 5.09. The largest absolute Gasteiger partial charge is 0.507 e. The first-order valence-electron chi connectivity index (χ1n) is 7.45. The van der Waals surface area contributed by atoms with Gasteiger partial charge in [0.25, 0.3) is 0 Å². The van der Waals surface area contributed by atoms with Gasteiger partial charge in [0.15, 0.2) is 23.3 Å². The van der Waals surface area contributed by atoms with Crippen molar-refractivity contribution in [2.75, 3.05) is 18.0 Å². The Hall–Kier alpha value is -2.64. The Morgan fingerprint density at radius 3 is 1.92 bits per heavy atom. The van der Waals surface area contributed by atoms with Crippen LogP contribution in [0.15, 0.2) is 23.2 Å². The van der Waals surface area contributed by atoms with Crippen LogP contribution >= 0.6 is 0 Å². The molecule has 0 heterocycles. The van der Waals surface area contributed by atoms with E-state index in [1.807, 2.05) is 18.7 Å². The molecule has 8 heteroatoms. The Morgan fingerprint density at radius 1 is 0.920 bits per heavy atom. The first-order valence-corrected chi connectivity index (χ1v) is 7.45. The van der Waals surface area contributed by atoms with E-state index in [9.17, 15) is 27.1 Å². The van der Waals surface area contributed by atoms with Crippen molar-refractivity contribution in [3.63, 3.8) is 0 Å². The number of hydrogen-bond acceptors (Lipinski definition) is 3. The maximum Gasteiger partial charge on any atom is 0.200 e. The van der Waals surface area contributed by atoms with E-state index in [0.717, 1.165) is 11.9 Å². The fourth-order valence-electron chi connectivity index (χ4n) is 2.27. The monoisotopic (exact) mass is 358 g/mol. The quantitative estimate of drug-likeness (QED) is 0.364. The minimum absolute atomic E-state index is 0.0693. The van der Waals surface area contributed by atoms with Crippen molar-refractivity contribution in [1.82, 2.24) is 0 Å². The molecule has 2 rings (SSSR count). The maximum absolute atomic E-state index is 13.6. The first-order chi connectivity index (χ1) is 11.8. The van der Waals surface area contributed by atoms with E-state index in [1.54, 1.807) is 6.07 Å². The van der Waals surface area contributed by atoms with Gasteiger partial charge < -0.3 is 10.0 Å². The van der Waals surface area contributed by atoms with E-state index in [1.165, 1.54) is 12.1 Å². The highest BCUT2D eigenvalue weighted by Gasteiger charge is 2.25. The van der Waals surface area contributed by atoms with Crippen LogP contribution in [0.1, 0.15) is 19.4 Å². The summed E-state index contributed by atoms with van der Waals surface area (Å²) in [7, 11) is 0. The zero-order chi connectivity index (χ0) is 18.7. The Labute approximate surface area is 141 Å². The zero-order valence-electron chi connectivity index (χ0n) is 13.5. The third kappa shape index (κ3) is 3.57. The summed E-state index contributed by atoms with van der Waals surface area (Å²) < 4.78 is 66.4. The van der Waals surface area contributed by atoms with Gasteiger partial charge in [-0.05, 0) is 26.0 Å². The topological polar surface area (TPSA) is 35.8 Å². The van der Waals surface area contributed by atoms with Gasteiger partial charge in [-0.15, -0.1) is 0 Å². The van der Waals surface area contributed by atoms with Gasteiger partial charge in [0.2, 0.25) is 5.82 Å². The molecule has 0 atom stereocenters. The molecule has 134 valence electrons. The van der Waals surface area contributed by atoms with Gasteiger partial charge in [-0.3, -0.25) is 0 Å². The first kappa shape index (κ1) is 18.7. The van der Waals surface area contributed by atoms with Crippen LogP contribution in [-0.4, -0.2) is 24.4 Å². The molecule has 0 saturated heterocycles. The molecule has 0 unspecified atom stereocenters. The van der Waals surface area contributed by atoms with E-state index >= 15 is 0 Å². The summed E-state index contributed by atoms with van der Waals surface area (Å²) in [6, 6.07) is 4.50. The van der Waals surface area contributed by atoms with E-state index in [4.69, 9.17) is 0 Å². The number of aromatic hydroxyl groups is 1. The summed E-state index contributed by atoms with van der Waals surface area (Å²) in [6.45, 7) is 5.26. The average Bonchev–Trinajstić information content (AvgIpc) is 2.60. The highest BCUT2D eigenvalue weighted by Crippen LogP contribution is 2.30. The SMILES string of the molecule is CCN(CC)c1ccc(C=Nc2c(F)c(F)c(F)c(F)c2F)c(O)c1. The van der Waals surface area contributed by atoms with Crippen molar-refractivity contribution in [2.45, 2.75) is 13.8 Å². The third-order valence-corrected chi connectivity index (χ3v) is 3.66. The van der Waals surface area contributed by atoms with Gasteiger partial charge in [-0.2, -0.15) is 0 Å². The van der Waals surface area contributed by atoms with Crippen LogP contribution in [0, 0.1) is 29.1 Å². The van der Waals surface area contributed by atoms with Crippen LogP contribution in [0.25, 0.3) is 0 Å². The summed E-state index contributed by atoms with van der Waals surface area (Å²) in [5.41, 5.74) is -0.528. The van der Waals surface area contributed by atoms with Crippen molar-refractivity contribution in [2.24, 2.45) is 4.99 Å². The smallest absolute Gasteiger partial charge is 0.200 e. The Balaban J connectivity index is 2.41. The number of anilines is 1. The van der Waals surface area contributed by atoms with Crippen molar-refractivity contribution in [3.05, 3.63) is 52.8 Å². The molecule has 1 N–H and O–H groups in total. The molecule has 25 heavy (non-hydrogen) atoms. The van der Waals surface area contributed by atoms with Gasteiger partial charge in [0.1, 0.15) is 11.4 Å². The lowest BCUT2D eigenvalue weighted by molar-refractivity contribution is 0.381. The van der Waals surface area contributed by atoms with Gasteiger partial charge in [-0.1, -0.05) is 0 Å². The zero-order valence-corrected chi connectivity index (χ0v) is 13.5. The molecule has 0 aromatic heterocycles. The van der Waals surface area contributed by atoms with E-state index in [-0.39, 0.29) is 11.3 Å². The van der Waals surface area contributed by atoms with Crippen molar-refractivity contribution in [3.8, 4) is 5.75 Å². The van der Waals surface area contributed by atoms with Gasteiger partial charge >= 0.3 is 0 Å². The lowest BCUT2D eigenvalue weighted by Crippen LogP contribution is -2.21. The molecule has 0 bridgehead atoms. The standard InChI is InChI=1S/C17H15F5N2O/c1-3-24(4-2)10-6-5-9(11(25)7-10)8-23-17-15(21)13(19)12(18)14(20)16(17)22/h5-8,25H,3-4H2,1-2H3. The van der Waals surface area contributed by atoms with Crippen LogP contribution in [0.3, 0.4) is 0 Å². The van der Waals surface area contributed by atoms with Crippen molar-refractivity contribution >= 4 is 17.6 Å². The van der Waals surface area contributed by atoms with E-state index < -0.39 is 34.8 Å². The number of hydrogen-bond donors (Lipinski definition) is 1. The summed E-state index contributed by atoms with van der Waals surface area (Å²) in [6.07, 6.45) is 0.833. The summed E-state index contributed by atoms with van der Waals surface area (Å²) in [5.74, 6) is -10.7. The Morgan fingerprint density at radius 2 is 1.44 bits per heavy atom. The van der Waals surface area contributed by atoms with E-state index in [0.29, 0.717) is 13.1 Å². The molecule has 0 amide bonds. The second-order valence-corrected chi connectivity index (χ2v) is 5.09. The summed E-state index contributed by atoms with van der Waals surface area (Å²) >= 11 is 0.